The van der Waals surface area contributed by atoms with E-state index in [1.165, 1.54) is 7.11 Å². The van der Waals surface area contributed by atoms with Crippen molar-refractivity contribution in [2.75, 3.05) is 13.7 Å². The average molecular weight is 257 g/mol. The molecule has 1 saturated heterocycles. The third kappa shape index (κ3) is 2.69. The first-order valence-electron chi connectivity index (χ1n) is 6.60. The van der Waals surface area contributed by atoms with E-state index in [9.17, 15) is 4.79 Å². The minimum atomic E-state index is -0.768. The van der Waals surface area contributed by atoms with Crippen molar-refractivity contribution in [1.82, 2.24) is 5.32 Å². The van der Waals surface area contributed by atoms with E-state index < -0.39 is 11.1 Å². The first kappa shape index (κ1) is 15.4. The van der Waals surface area contributed by atoms with Gasteiger partial charge in [0.2, 0.25) is 0 Å². The molecular weight excluding hydrogens is 230 g/mol. The normalized spacial score (nSPS) is 29.6. The molecule has 4 nitrogen and oxygen atoms in total. The number of hydrogen-bond donors (Lipinski definition) is 1. The van der Waals surface area contributed by atoms with Crippen LogP contribution in [0.25, 0.3) is 0 Å². The summed E-state index contributed by atoms with van der Waals surface area (Å²) in [5.74, 6) is 0.227. The Kier molecular flexibility index (Phi) is 4.13. The Balaban J connectivity index is 3.08. The van der Waals surface area contributed by atoms with Gasteiger partial charge in [0, 0.05) is 6.42 Å². The standard InChI is InChI=1S/C14H27NO3/c1-10(2)8-15-14(11(16)17-7)9-12(3,4)18-13(14,5)6/h10,15H,8-9H2,1-7H3. The molecule has 0 radical (unpaired) electrons. The third-order valence-corrected chi connectivity index (χ3v) is 3.60. The summed E-state index contributed by atoms with van der Waals surface area (Å²) < 4.78 is 11.1. The summed E-state index contributed by atoms with van der Waals surface area (Å²) in [7, 11) is 1.43. The van der Waals surface area contributed by atoms with E-state index in [1.807, 2.05) is 27.7 Å². The minimum Gasteiger partial charge on any atom is -0.468 e. The first-order chi connectivity index (χ1) is 8.06. The van der Waals surface area contributed by atoms with Crippen molar-refractivity contribution >= 4 is 5.97 Å². The molecule has 1 atom stereocenters. The second kappa shape index (κ2) is 4.82. The van der Waals surface area contributed by atoms with Crippen molar-refractivity contribution in [3.05, 3.63) is 0 Å². The van der Waals surface area contributed by atoms with Gasteiger partial charge in [0.05, 0.1) is 18.3 Å². The van der Waals surface area contributed by atoms with Gasteiger partial charge in [0.25, 0.3) is 0 Å². The smallest absolute Gasteiger partial charge is 0.329 e. The van der Waals surface area contributed by atoms with E-state index in [2.05, 4.69) is 19.2 Å². The SMILES string of the molecule is COC(=O)C1(NCC(C)C)CC(C)(C)OC1(C)C. The fourth-order valence-electron chi connectivity index (χ4n) is 2.88. The summed E-state index contributed by atoms with van der Waals surface area (Å²) in [6.45, 7) is 12.9. The van der Waals surface area contributed by atoms with E-state index in [-0.39, 0.29) is 11.6 Å². The molecule has 0 bridgehead atoms. The molecule has 1 aliphatic heterocycles. The average Bonchev–Trinajstić information content (AvgIpc) is 2.39. The third-order valence-electron chi connectivity index (χ3n) is 3.60. The summed E-state index contributed by atoms with van der Waals surface area (Å²) >= 11 is 0. The van der Waals surface area contributed by atoms with Crippen molar-refractivity contribution in [1.29, 1.82) is 0 Å². The molecule has 106 valence electrons. The van der Waals surface area contributed by atoms with Gasteiger partial charge in [-0.3, -0.25) is 5.32 Å². The van der Waals surface area contributed by atoms with Gasteiger partial charge in [-0.15, -0.1) is 0 Å². The molecule has 0 aromatic carbocycles. The van der Waals surface area contributed by atoms with E-state index >= 15 is 0 Å². The van der Waals surface area contributed by atoms with Gasteiger partial charge >= 0.3 is 5.97 Å². The summed E-state index contributed by atoms with van der Waals surface area (Å²) in [4.78, 5) is 12.3. The van der Waals surface area contributed by atoms with Gasteiger partial charge in [-0.1, -0.05) is 13.8 Å². The number of rotatable bonds is 4. The molecule has 1 aliphatic rings. The molecule has 1 rings (SSSR count). The Morgan fingerprint density at radius 1 is 1.33 bits per heavy atom. The quantitative estimate of drug-likeness (QED) is 0.784. The highest BCUT2D eigenvalue weighted by molar-refractivity contribution is 5.83. The molecule has 0 aliphatic carbocycles. The highest BCUT2D eigenvalue weighted by atomic mass is 16.6. The zero-order valence-electron chi connectivity index (χ0n) is 12.7. The summed E-state index contributed by atoms with van der Waals surface area (Å²) in [5, 5.41) is 3.39. The van der Waals surface area contributed by atoms with Crippen molar-refractivity contribution in [2.24, 2.45) is 5.92 Å². The fraction of sp³-hybridized carbons (Fsp3) is 0.929. The van der Waals surface area contributed by atoms with Crippen molar-refractivity contribution < 1.29 is 14.3 Å². The number of hydrogen-bond acceptors (Lipinski definition) is 4. The number of methoxy groups -OCH3 is 1. The van der Waals surface area contributed by atoms with Crippen LogP contribution in [-0.2, 0) is 14.3 Å². The van der Waals surface area contributed by atoms with Gasteiger partial charge in [0.15, 0.2) is 0 Å². The van der Waals surface area contributed by atoms with Gasteiger partial charge < -0.3 is 9.47 Å². The highest BCUT2D eigenvalue weighted by Gasteiger charge is 2.62. The number of carbonyl (C=O) groups is 1. The number of esters is 1. The van der Waals surface area contributed by atoms with Crippen LogP contribution in [0.5, 0.6) is 0 Å². The van der Waals surface area contributed by atoms with Crippen LogP contribution in [0.2, 0.25) is 0 Å². The Morgan fingerprint density at radius 2 is 1.89 bits per heavy atom. The van der Waals surface area contributed by atoms with Crippen LogP contribution in [0.4, 0.5) is 0 Å². The van der Waals surface area contributed by atoms with Crippen LogP contribution in [0, 0.1) is 5.92 Å². The summed E-state index contributed by atoms with van der Waals surface area (Å²) in [6.07, 6.45) is 0.617. The molecule has 0 amide bonds. The van der Waals surface area contributed by atoms with Crippen LogP contribution in [-0.4, -0.2) is 36.4 Å². The van der Waals surface area contributed by atoms with Crippen molar-refractivity contribution in [3.63, 3.8) is 0 Å². The lowest BCUT2D eigenvalue weighted by molar-refractivity contribution is -0.157. The van der Waals surface area contributed by atoms with E-state index in [0.29, 0.717) is 12.3 Å². The van der Waals surface area contributed by atoms with Crippen molar-refractivity contribution in [3.8, 4) is 0 Å². The molecule has 0 saturated carbocycles. The molecule has 0 aromatic heterocycles. The van der Waals surface area contributed by atoms with E-state index in [1.54, 1.807) is 0 Å². The molecule has 1 fully saturated rings. The zero-order chi connectivity index (χ0) is 14.2. The Hall–Kier alpha value is -0.610. The van der Waals surface area contributed by atoms with Crippen LogP contribution >= 0.6 is 0 Å². The lowest BCUT2D eigenvalue weighted by Gasteiger charge is -2.38. The summed E-state index contributed by atoms with van der Waals surface area (Å²) in [6, 6.07) is 0. The molecule has 0 aromatic rings. The Morgan fingerprint density at radius 3 is 2.22 bits per heavy atom. The van der Waals surface area contributed by atoms with Crippen LogP contribution in [0.3, 0.4) is 0 Å². The maximum absolute atomic E-state index is 12.3. The monoisotopic (exact) mass is 257 g/mol. The second-order valence-electron chi connectivity index (χ2n) is 6.72. The van der Waals surface area contributed by atoms with Gasteiger partial charge in [0.1, 0.15) is 5.54 Å². The second-order valence-corrected chi connectivity index (χ2v) is 6.72. The fourth-order valence-corrected chi connectivity index (χ4v) is 2.88. The Bertz CT molecular complexity index is 323. The maximum atomic E-state index is 12.3. The van der Waals surface area contributed by atoms with E-state index in [4.69, 9.17) is 9.47 Å². The van der Waals surface area contributed by atoms with Gasteiger partial charge in [-0.05, 0) is 40.2 Å². The predicted octanol–water partition coefficient (Wildman–Crippen LogP) is 2.12. The van der Waals surface area contributed by atoms with Gasteiger partial charge in [-0.2, -0.15) is 0 Å². The molecule has 0 spiro atoms. The maximum Gasteiger partial charge on any atom is 0.329 e. The lowest BCUT2D eigenvalue weighted by Crippen LogP contribution is -2.63. The van der Waals surface area contributed by atoms with Crippen LogP contribution in [0.1, 0.15) is 48.0 Å². The molecule has 1 heterocycles. The molecule has 4 heteroatoms. The van der Waals surface area contributed by atoms with E-state index in [0.717, 1.165) is 6.54 Å². The number of nitrogens with one attached hydrogen (secondary N) is 1. The van der Waals surface area contributed by atoms with Crippen molar-refractivity contribution in [2.45, 2.75) is 64.7 Å². The molecular formula is C14H27NO3. The largest absolute Gasteiger partial charge is 0.468 e. The predicted molar refractivity (Wildman–Crippen MR) is 71.4 cm³/mol. The van der Waals surface area contributed by atoms with Gasteiger partial charge in [-0.25, -0.2) is 4.79 Å². The molecule has 18 heavy (non-hydrogen) atoms. The first-order valence-corrected chi connectivity index (χ1v) is 6.60. The van der Waals surface area contributed by atoms with Crippen LogP contribution < -0.4 is 5.32 Å². The van der Waals surface area contributed by atoms with Crippen LogP contribution in [0.15, 0.2) is 0 Å². The molecule has 1 unspecified atom stereocenters. The number of carbonyl (C=O) groups excluding carboxylic acids is 1. The zero-order valence-corrected chi connectivity index (χ0v) is 12.7. The number of ether oxygens (including phenoxy) is 2. The lowest BCUT2D eigenvalue weighted by atomic mass is 9.78. The summed E-state index contributed by atoms with van der Waals surface area (Å²) in [5.41, 5.74) is -1.68. The highest BCUT2D eigenvalue weighted by Crippen LogP contribution is 2.45. The minimum absolute atomic E-state index is 0.237. The topological polar surface area (TPSA) is 47.6 Å². The Labute approximate surface area is 110 Å². The molecule has 1 N–H and O–H groups in total.